The number of imidazole rings is 1. The standard InChI is InChI=1S/C11H20N4O/c1-2-3-4-9(12)11(16)15-6-5-10-13-7-8-14-10/h7-9H,2-6,12H2,1H3,(H,13,14)(H,15,16). The summed E-state index contributed by atoms with van der Waals surface area (Å²) >= 11 is 0. The van der Waals surface area contributed by atoms with Crippen LogP contribution in [0.5, 0.6) is 0 Å². The maximum atomic E-state index is 11.5. The Hall–Kier alpha value is -1.36. The van der Waals surface area contributed by atoms with E-state index in [1.807, 2.05) is 0 Å². The van der Waals surface area contributed by atoms with Gasteiger partial charge in [0.2, 0.25) is 5.91 Å². The highest BCUT2D eigenvalue weighted by Crippen LogP contribution is 1.98. The van der Waals surface area contributed by atoms with Crippen LogP contribution in [0.2, 0.25) is 0 Å². The van der Waals surface area contributed by atoms with Gasteiger partial charge in [0, 0.05) is 25.4 Å². The second kappa shape index (κ2) is 7.00. The van der Waals surface area contributed by atoms with Crippen molar-refractivity contribution in [2.24, 2.45) is 5.73 Å². The predicted octanol–water partition coefficient (Wildman–Crippen LogP) is 0.586. The average molecular weight is 224 g/mol. The second-order valence-electron chi connectivity index (χ2n) is 3.83. The van der Waals surface area contributed by atoms with Crippen molar-refractivity contribution in [3.8, 4) is 0 Å². The van der Waals surface area contributed by atoms with Crippen LogP contribution in [0.3, 0.4) is 0 Å². The molecule has 1 aromatic heterocycles. The van der Waals surface area contributed by atoms with Crippen molar-refractivity contribution in [3.05, 3.63) is 18.2 Å². The van der Waals surface area contributed by atoms with E-state index < -0.39 is 0 Å². The fraction of sp³-hybridized carbons (Fsp3) is 0.636. The third kappa shape index (κ3) is 4.44. The second-order valence-corrected chi connectivity index (χ2v) is 3.83. The summed E-state index contributed by atoms with van der Waals surface area (Å²) in [7, 11) is 0. The maximum absolute atomic E-state index is 11.5. The summed E-state index contributed by atoms with van der Waals surface area (Å²) in [5.41, 5.74) is 5.73. The first-order valence-electron chi connectivity index (χ1n) is 5.75. The summed E-state index contributed by atoms with van der Waals surface area (Å²) in [6.45, 7) is 2.66. The molecule has 0 saturated carbocycles. The molecule has 0 saturated heterocycles. The number of amides is 1. The molecular weight excluding hydrogens is 204 g/mol. The van der Waals surface area contributed by atoms with Gasteiger partial charge in [-0.05, 0) is 6.42 Å². The van der Waals surface area contributed by atoms with Crippen LogP contribution >= 0.6 is 0 Å². The Balaban J connectivity index is 2.14. The quantitative estimate of drug-likeness (QED) is 0.633. The number of hydrogen-bond acceptors (Lipinski definition) is 3. The zero-order valence-corrected chi connectivity index (χ0v) is 9.70. The first-order valence-corrected chi connectivity index (χ1v) is 5.75. The van der Waals surface area contributed by atoms with Gasteiger partial charge in [0.15, 0.2) is 0 Å². The SMILES string of the molecule is CCCCC(N)C(=O)NCCc1ncc[nH]1. The van der Waals surface area contributed by atoms with Crippen LogP contribution in [0.15, 0.2) is 12.4 Å². The fourth-order valence-corrected chi connectivity index (χ4v) is 1.43. The zero-order valence-electron chi connectivity index (χ0n) is 9.70. The monoisotopic (exact) mass is 224 g/mol. The number of carbonyl (C=O) groups is 1. The van der Waals surface area contributed by atoms with Crippen molar-refractivity contribution >= 4 is 5.91 Å². The largest absolute Gasteiger partial charge is 0.354 e. The Bertz CT molecular complexity index is 297. The van der Waals surface area contributed by atoms with Gasteiger partial charge in [-0.25, -0.2) is 4.98 Å². The van der Waals surface area contributed by atoms with E-state index in [0.29, 0.717) is 13.0 Å². The van der Waals surface area contributed by atoms with Gasteiger partial charge in [0.25, 0.3) is 0 Å². The molecule has 90 valence electrons. The van der Waals surface area contributed by atoms with E-state index in [9.17, 15) is 4.79 Å². The van der Waals surface area contributed by atoms with Crippen molar-refractivity contribution < 1.29 is 4.79 Å². The lowest BCUT2D eigenvalue weighted by Gasteiger charge is -2.10. The van der Waals surface area contributed by atoms with E-state index in [0.717, 1.165) is 25.1 Å². The molecule has 0 fully saturated rings. The highest BCUT2D eigenvalue weighted by Gasteiger charge is 2.11. The Morgan fingerprint density at radius 2 is 2.50 bits per heavy atom. The number of aromatic nitrogens is 2. The van der Waals surface area contributed by atoms with Crippen LogP contribution in [-0.2, 0) is 11.2 Å². The lowest BCUT2D eigenvalue weighted by Crippen LogP contribution is -2.41. The molecule has 0 aromatic carbocycles. The summed E-state index contributed by atoms with van der Waals surface area (Å²) in [5, 5.41) is 2.81. The van der Waals surface area contributed by atoms with Crippen LogP contribution < -0.4 is 11.1 Å². The third-order valence-electron chi connectivity index (χ3n) is 2.42. The lowest BCUT2D eigenvalue weighted by atomic mass is 10.1. The lowest BCUT2D eigenvalue weighted by molar-refractivity contribution is -0.122. The summed E-state index contributed by atoms with van der Waals surface area (Å²) in [5.74, 6) is 0.808. The summed E-state index contributed by atoms with van der Waals surface area (Å²) in [6, 6.07) is -0.378. The minimum Gasteiger partial charge on any atom is -0.354 e. The molecule has 1 aromatic rings. The topological polar surface area (TPSA) is 83.8 Å². The Morgan fingerprint density at radius 1 is 1.69 bits per heavy atom. The van der Waals surface area contributed by atoms with E-state index >= 15 is 0 Å². The first-order chi connectivity index (χ1) is 7.74. The summed E-state index contributed by atoms with van der Waals surface area (Å²) < 4.78 is 0. The smallest absolute Gasteiger partial charge is 0.236 e. The number of hydrogen-bond donors (Lipinski definition) is 3. The van der Waals surface area contributed by atoms with Crippen LogP contribution in [0.4, 0.5) is 0 Å². The zero-order chi connectivity index (χ0) is 11.8. The number of unbranched alkanes of at least 4 members (excludes halogenated alkanes) is 1. The molecule has 0 radical (unpaired) electrons. The number of nitrogens with one attached hydrogen (secondary N) is 2. The van der Waals surface area contributed by atoms with Gasteiger partial charge in [-0.2, -0.15) is 0 Å². The molecule has 5 nitrogen and oxygen atoms in total. The first kappa shape index (κ1) is 12.7. The molecular formula is C11H20N4O. The van der Waals surface area contributed by atoms with Crippen LogP contribution in [0.1, 0.15) is 32.0 Å². The van der Waals surface area contributed by atoms with Crippen LogP contribution in [0, 0.1) is 0 Å². The molecule has 1 heterocycles. The van der Waals surface area contributed by atoms with E-state index in [1.165, 1.54) is 0 Å². The van der Waals surface area contributed by atoms with Gasteiger partial charge in [0.05, 0.1) is 6.04 Å². The molecule has 0 aliphatic rings. The molecule has 0 aliphatic carbocycles. The fourth-order valence-electron chi connectivity index (χ4n) is 1.43. The summed E-state index contributed by atoms with van der Waals surface area (Å²) in [4.78, 5) is 18.6. The van der Waals surface area contributed by atoms with Gasteiger partial charge >= 0.3 is 0 Å². The normalized spacial score (nSPS) is 12.4. The molecule has 5 heteroatoms. The van der Waals surface area contributed by atoms with Gasteiger partial charge in [0.1, 0.15) is 5.82 Å². The van der Waals surface area contributed by atoms with Gasteiger partial charge in [-0.15, -0.1) is 0 Å². The van der Waals surface area contributed by atoms with E-state index in [4.69, 9.17) is 5.73 Å². The number of aromatic amines is 1. The Kier molecular flexibility index (Phi) is 5.56. The number of carbonyl (C=O) groups excluding carboxylic acids is 1. The molecule has 4 N–H and O–H groups in total. The molecule has 1 unspecified atom stereocenters. The van der Waals surface area contributed by atoms with Crippen molar-refractivity contribution in [1.29, 1.82) is 0 Å². The predicted molar refractivity (Wildman–Crippen MR) is 62.8 cm³/mol. The maximum Gasteiger partial charge on any atom is 0.236 e. The van der Waals surface area contributed by atoms with Crippen molar-refractivity contribution in [1.82, 2.24) is 15.3 Å². The van der Waals surface area contributed by atoms with E-state index in [2.05, 4.69) is 22.2 Å². The van der Waals surface area contributed by atoms with Crippen molar-refractivity contribution in [3.63, 3.8) is 0 Å². The molecule has 1 atom stereocenters. The minimum absolute atomic E-state index is 0.0694. The molecule has 1 rings (SSSR count). The highest BCUT2D eigenvalue weighted by molar-refractivity contribution is 5.81. The molecule has 1 amide bonds. The minimum atomic E-state index is -0.378. The van der Waals surface area contributed by atoms with Crippen molar-refractivity contribution in [2.75, 3.05) is 6.54 Å². The Morgan fingerprint density at radius 3 is 3.12 bits per heavy atom. The van der Waals surface area contributed by atoms with E-state index in [1.54, 1.807) is 12.4 Å². The number of nitrogens with two attached hydrogens (primary N) is 1. The number of nitrogens with zero attached hydrogens (tertiary/aromatic N) is 1. The Labute approximate surface area is 95.8 Å². The van der Waals surface area contributed by atoms with E-state index in [-0.39, 0.29) is 11.9 Å². The van der Waals surface area contributed by atoms with Crippen LogP contribution in [0.25, 0.3) is 0 Å². The van der Waals surface area contributed by atoms with Gasteiger partial charge in [-0.1, -0.05) is 19.8 Å². The third-order valence-corrected chi connectivity index (χ3v) is 2.42. The highest BCUT2D eigenvalue weighted by atomic mass is 16.2. The molecule has 16 heavy (non-hydrogen) atoms. The number of H-pyrrole nitrogens is 1. The average Bonchev–Trinajstić information content (AvgIpc) is 2.78. The molecule has 0 bridgehead atoms. The van der Waals surface area contributed by atoms with Gasteiger partial charge in [-0.3, -0.25) is 4.79 Å². The number of rotatable bonds is 7. The molecule has 0 aliphatic heterocycles. The van der Waals surface area contributed by atoms with Crippen molar-refractivity contribution in [2.45, 2.75) is 38.6 Å². The summed E-state index contributed by atoms with van der Waals surface area (Å²) in [6.07, 6.45) is 6.98. The van der Waals surface area contributed by atoms with Gasteiger partial charge < -0.3 is 16.0 Å². The molecule has 0 spiro atoms. The van der Waals surface area contributed by atoms with Crippen LogP contribution in [-0.4, -0.2) is 28.5 Å².